The van der Waals surface area contributed by atoms with Gasteiger partial charge in [-0.15, -0.1) is 0 Å². The van der Waals surface area contributed by atoms with E-state index in [-0.39, 0.29) is 11.9 Å². The number of ether oxygens (including phenoxy) is 1. The quantitative estimate of drug-likeness (QED) is 0.652. The summed E-state index contributed by atoms with van der Waals surface area (Å²) in [4.78, 5) is 12.6. The molecule has 0 radical (unpaired) electrons. The van der Waals surface area contributed by atoms with Crippen LogP contribution in [0, 0.1) is 0 Å². The Hall–Kier alpha value is -2.53. The van der Waals surface area contributed by atoms with Gasteiger partial charge in [-0.3, -0.25) is 4.79 Å². The number of amides is 1. The van der Waals surface area contributed by atoms with Crippen LogP contribution in [0.5, 0.6) is 5.75 Å². The number of hydrogen-bond acceptors (Lipinski definition) is 3. The first-order valence-electron chi connectivity index (χ1n) is 7.94. The highest BCUT2D eigenvalue weighted by molar-refractivity contribution is 9.10. The maximum atomic E-state index is 12.6. The second kappa shape index (κ2) is 8.03. The lowest BCUT2D eigenvalue weighted by Crippen LogP contribution is -2.38. The fourth-order valence-electron chi connectivity index (χ4n) is 2.45. The minimum absolute atomic E-state index is 0.215. The first-order chi connectivity index (χ1) is 12.1. The normalized spacial score (nSPS) is 13.0. The summed E-state index contributed by atoms with van der Waals surface area (Å²) in [6, 6.07) is 20.4. The highest BCUT2D eigenvalue weighted by atomic mass is 79.9. The molecule has 0 bridgehead atoms. The van der Waals surface area contributed by atoms with Crippen LogP contribution in [0.3, 0.4) is 0 Å². The largest absolute Gasteiger partial charge is 0.481 e. The molecule has 0 spiro atoms. The second-order valence-electron chi connectivity index (χ2n) is 5.58. The highest BCUT2D eigenvalue weighted by Crippen LogP contribution is 2.23. The van der Waals surface area contributed by atoms with Crippen LogP contribution in [0.1, 0.15) is 24.3 Å². The van der Waals surface area contributed by atoms with Crippen molar-refractivity contribution in [3.63, 3.8) is 0 Å². The maximum Gasteiger partial charge on any atom is 0.261 e. The number of carbonyl (C=O) groups is 1. The van der Waals surface area contributed by atoms with Crippen LogP contribution in [-0.2, 0) is 4.79 Å². The summed E-state index contributed by atoms with van der Waals surface area (Å²) < 4.78 is 12.2. The smallest absolute Gasteiger partial charge is 0.261 e. The Bertz CT molecular complexity index is 801. The number of carbonyl (C=O) groups excluding carboxylic acids is 1. The fraction of sp³-hybridized carbons (Fsp3) is 0.150. The zero-order chi connectivity index (χ0) is 17.6. The molecule has 0 aliphatic rings. The number of nitrogens with one attached hydrogen (secondary N) is 1. The summed E-state index contributed by atoms with van der Waals surface area (Å²) in [6.45, 7) is 1.72. The molecule has 1 heterocycles. The van der Waals surface area contributed by atoms with Crippen LogP contribution in [-0.4, -0.2) is 12.0 Å². The first kappa shape index (κ1) is 17.3. The molecule has 2 atom stereocenters. The van der Waals surface area contributed by atoms with Crippen molar-refractivity contribution >= 4 is 21.8 Å². The Labute approximate surface area is 154 Å². The van der Waals surface area contributed by atoms with Gasteiger partial charge in [0.25, 0.3) is 5.91 Å². The van der Waals surface area contributed by atoms with E-state index in [1.54, 1.807) is 19.3 Å². The Balaban J connectivity index is 1.73. The molecule has 1 aromatic heterocycles. The summed E-state index contributed by atoms with van der Waals surface area (Å²) in [6.07, 6.45) is 0.960. The molecule has 2 aromatic carbocycles. The first-order valence-corrected chi connectivity index (χ1v) is 8.74. The summed E-state index contributed by atoms with van der Waals surface area (Å²) in [5.41, 5.74) is 0.946. The van der Waals surface area contributed by atoms with E-state index in [9.17, 15) is 4.79 Å². The van der Waals surface area contributed by atoms with Gasteiger partial charge >= 0.3 is 0 Å². The van der Waals surface area contributed by atoms with E-state index in [0.29, 0.717) is 11.5 Å². The van der Waals surface area contributed by atoms with Crippen molar-refractivity contribution < 1.29 is 13.9 Å². The summed E-state index contributed by atoms with van der Waals surface area (Å²) in [7, 11) is 0. The lowest BCUT2D eigenvalue weighted by Gasteiger charge is -2.20. The van der Waals surface area contributed by atoms with Crippen molar-refractivity contribution in [3.8, 4) is 5.75 Å². The molecule has 3 rings (SSSR count). The van der Waals surface area contributed by atoms with E-state index in [1.807, 2.05) is 60.7 Å². The lowest BCUT2D eigenvalue weighted by atomic mass is 10.0. The standard InChI is InChI=1S/C20H18BrNO3/c1-14(25-17-11-9-16(21)10-12-17)20(23)22-19(18-8-5-13-24-18)15-6-3-2-4-7-15/h2-14,19H,1H3,(H,22,23). The number of halogens is 1. The summed E-state index contributed by atoms with van der Waals surface area (Å²) in [5, 5.41) is 3.00. The zero-order valence-corrected chi connectivity index (χ0v) is 15.3. The molecule has 0 saturated carbocycles. The van der Waals surface area contributed by atoms with Gasteiger partial charge < -0.3 is 14.5 Å². The van der Waals surface area contributed by atoms with Crippen LogP contribution >= 0.6 is 15.9 Å². The Morgan fingerprint density at radius 2 is 1.76 bits per heavy atom. The Morgan fingerprint density at radius 1 is 1.04 bits per heavy atom. The van der Waals surface area contributed by atoms with Gasteiger partial charge in [0.15, 0.2) is 6.10 Å². The average Bonchev–Trinajstić information content (AvgIpc) is 3.16. The van der Waals surface area contributed by atoms with E-state index in [1.165, 1.54) is 0 Å². The molecule has 0 saturated heterocycles. The number of furan rings is 1. The van der Waals surface area contributed by atoms with E-state index < -0.39 is 6.10 Å². The van der Waals surface area contributed by atoms with Crippen molar-refractivity contribution in [1.82, 2.24) is 5.32 Å². The van der Waals surface area contributed by atoms with Crippen LogP contribution in [0.15, 0.2) is 81.9 Å². The molecule has 1 N–H and O–H groups in total. The third-order valence-electron chi connectivity index (χ3n) is 3.74. The number of benzene rings is 2. The molecule has 1 amide bonds. The SMILES string of the molecule is CC(Oc1ccc(Br)cc1)C(=O)NC(c1ccccc1)c1ccco1. The van der Waals surface area contributed by atoms with Crippen molar-refractivity contribution in [1.29, 1.82) is 0 Å². The van der Waals surface area contributed by atoms with Gasteiger partial charge in [-0.25, -0.2) is 0 Å². The summed E-state index contributed by atoms with van der Waals surface area (Å²) in [5.74, 6) is 1.10. The van der Waals surface area contributed by atoms with Gasteiger partial charge in [0, 0.05) is 4.47 Å². The van der Waals surface area contributed by atoms with Gasteiger partial charge in [-0.1, -0.05) is 46.3 Å². The van der Waals surface area contributed by atoms with E-state index in [4.69, 9.17) is 9.15 Å². The molecule has 3 aromatic rings. The molecule has 128 valence electrons. The van der Waals surface area contributed by atoms with E-state index >= 15 is 0 Å². The minimum Gasteiger partial charge on any atom is -0.481 e. The monoisotopic (exact) mass is 399 g/mol. The predicted molar refractivity (Wildman–Crippen MR) is 99.4 cm³/mol. The van der Waals surface area contributed by atoms with Gasteiger partial charge in [-0.05, 0) is 48.9 Å². The van der Waals surface area contributed by atoms with Gasteiger partial charge in [0.2, 0.25) is 0 Å². The van der Waals surface area contributed by atoms with Gasteiger partial charge in [0.05, 0.1) is 6.26 Å². The fourth-order valence-corrected chi connectivity index (χ4v) is 2.71. The van der Waals surface area contributed by atoms with Gasteiger partial charge in [-0.2, -0.15) is 0 Å². The molecule has 0 fully saturated rings. The molecule has 0 aliphatic heterocycles. The molecular formula is C20H18BrNO3. The third-order valence-corrected chi connectivity index (χ3v) is 4.27. The molecule has 4 nitrogen and oxygen atoms in total. The average molecular weight is 400 g/mol. The second-order valence-corrected chi connectivity index (χ2v) is 6.50. The van der Waals surface area contributed by atoms with Crippen LogP contribution in [0.25, 0.3) is 0 Å². The van der Waals surface area contributed by atoms with Crippen LogP contribution < -0.4 is 10.1 Å². The zero-order valence-electron chi connectivity index (χ0n) is 13.7. The van der Waals surface area contributed by atoms with Gasteiger partial charge in [0.1, 0.15) is 17.6 Å². The lowest BCUT2D eigenvalue weighted by molar-refractivity contribution is -0.127. The topological polar surface area (TPSA) is 51.5 Å². The molecular weight excluding hydrogens is 382 g/mol. The van der Waals surface area contributed by atoms with E-state index in [2.05, 4.69) is 21.2 Å². The number of rotatable bonds is 6. The maximum absolute atomic E-state index is 12.6. The van der Waals surface area contributed by atoms with Crippen molar-refractivity contribution in [3.05, 3.63) is 88.8 Å². The minimum atomic E-state index is -0.637. The highest BCUT2D eigenvalue weighted by Gasteiger charge is 2.23. The Morgan fingerprint density at radius 3 is 2.40 bits per heavy atom. The predicted octanol–water partition coefficient (Wildman–Crippen LogP) is 4.72. The van der Waals surface area contributed by atoms with Crippen molar-refractivity contribution in [2.45, 2.75) is 19.1 Å². The molecule has 25 heavy (non-hydrogen) atoms. The Kier molecular flexibility index (Phi) is 5.56. The summed E-state index contributed by atoms with van der Waals surface area (Å²) >= 11 is 3.38. The third kappa shape index (κ3) is 4.51. The van der Waals surface area contributed by atoms with Crippen LogP contribution in [0.4, 0.5) is 0 Å². The van der Waals surface area contributed by atoms with Crippen LogP contribution in [0.2, 0.25) is 0 Å². The molecule has 2 unspecified atom stereocenters. The number of hydrogen-bond donors (Lipinski definition) is 1. The van der Waals surface area contributed by atoms with Crippen molar-refractivity contribution in [2.75, 3.05) is 0 Å². The molecule has 0 aliphatic carbocycles. The van der Waals surface area contributed by atoms with E-state index in [0.717, 1.165) is 10.0 Å². The molecule has 5 heteroatoms. The van der Waals surface area contributed by atoms with Crippen molar-refractivity contribution in [2.24, 2.45) is 0 Å².